The number of hydrogen-bond acceptors (Lipinski definition) is 4. The molecule has 1 heterocycles. The summed E-state index contributed by atoms with van der Waals surface area (Å²) in [5, 5.41) is 17.2. The third kappa shape index (κ3) is 3.64. The molecule has 2 aromatic carbocycles. The molecule has 0 spiro atoms. The van der Waals surface area contributed by atoms with Crippen molar-refractivity contribution in [1.82, 2.24) is 10.5 Å². The van der Waals surface area contributed by atoms with Crippen LogP contribution >= 0.6 is 11.6 Å². The Morgan fingerprint density at radius 2 is 1.79 bits per heavy atom. The van der Waals surface area contributed by atoms with Crippen LogP contribution in [0.25, 0.3) is 11.3 Å². The SMILES string of the molecule is O=C(O)c1c(-c2ccc(Cl)cc2)noc1CNCc1ccccc1. The standard InChI is InChI=1S/C18H15ClN2O3/c19-14-8-6-13(7-9-14)17-16(18(22)23)15(24-21-17)11-20-10-12-4-2-1-3-5-12/h1-9,20H,10-11H2,(H,22,23). The van der Waals surface area contributed by atoms with Gasteiger partial charge in [0.2, 0.25) is 0 Å². The fraction of sp³-hybridized carbons (Fsp3) is 0.111. The van der Waals surface area contributed by atoms with E-state index in [0.29, 0.717) is 28.6 Å². The van der Waals surface area contributed by atoms with Gasteiger partial charge in [0, 0.05) is 17.1 Å². The van der Waals surface area contributed by atoms with Crippen molar-refractivity contribution in [1.29, 1.82) is 0 Å². The zero-order chi connectivity index (χ0) is 16.9. The Bertz CT molecular complexity index is 829. The Balaban J connectivity index is 1.78. The smallest absolute Gasteiger partial charge is 0.341 e. The second-order valence-corrected chi connectivity index (χ2v) is 5.67. The van der Waals surface area contributed by atoms with Crippen LogP contribution in [0.3, 0.4) is 0 Å². The van der Waals surface area contributed by atoms with E-state index in [4.69, 9.17) is 16.1 Å². The zero-order valence-corrected chi connectivity index (χ0v) is 13.5. The third-order valence-electron chi connectivity index (χ3n) is 3.55. The molecule has 6 heteroatoms. The molecular formula is C18H15ClN2O3. The molecule has 122 valence electrons. The highest BCUT2D eigenvalue weighted by Gasteiger charge is 2.23. The van der Waals surface area contributed by atoms with E-state index in [9.17, 15) is 9.90 Å². The minimum absolute atomic E-state index is 0.0675. The van der Waals surface area contributed by atoms with Crippen molar-refractivity contribution < 1.29 is 14.4 Å². The fourth-order valence-electron chi connectivity index (χ4n) is 2.39. The van der Waals surface area contributed by atoms with Gasteiger partial charge in [0.15, 0.2) is 5.76 Å². The quantitative estimate of drug-likeness (QED) is 0.708. The molecular weight excluding hydrogens is 328 g/mol. The second kappa shape index (κ2) is 7.29. The highest BCUT2D eigenvalue weighted by Crippen LogP contribution is 2.26. The van der Waals surface area contributed by atoms with Crippen LogP contribution in [0.15, 0.2) is 59.1 Å². The van der Waals surface area contributed by atoms with Crippen LogP contribution in [0, 0.1) is 0 Å². The summed E-state index contributed by atoms with van der Waals surface area (Å²) in [5.41, 5.74) is 2.12. The van der Waals surface area contributed by atoms with Gasteiger partial charge >= 0.3 is 5.97 Å². The summed E-state index contributed by atoms with van der Waals surface area (Å²) in [6.07, 6.45) is 0. The minimum atomic E-state index is -1.07. The lowest BCUT2D eigenvalue weighted by atomic mass is 10.1. The molecule has 3 rings (SSSR count). The maximum atomic E-state index is 11.6. The van der Waals surface area contributed by atoms with Gasteiger partial charge in [-0.3, -0.25) is 0 Å². The molecule has 0 bridgehead atoms. The molecule has 0 saturated heterocycles. The molecule has 0 aliphatic carbocycles. The summed E-state index contributed by atoms with van der Waals surface area (Å²) in [4.78, 5) is 11.6. The lowest BCUT2D eigenvalue weighted by Gasteiger charge is -2.03. The highest BCUT2D eigenvalue weighted by molar-refractivity contribution is 6.30. The van der Waals surface area contributed by atoms with Gasteiger partial charge in [0.25, 0.3) is 0 Å². The van der Waals surface area contributed by atoms with Crippen LogP contribution < -0.4 is 5.32 Å². The Morgan fingerprint density at radius 1 is 1.08 bits per heavy atom. The van der Waals surface area contributed by atoms with E-state index in [-0.39, 0.29) is 12.1 Å². The summed E-state index contributed by atoms with van der Waals surface area (Å²) in [6.45, 7) is 0.883. The van der Waals surface area contributed by atoms with Gasteiger partial charge in [-0.05, 0) is 17.7 Å². The molecule has 0 radical (unpaired) electrons. The predicted molar refractivity (Wildman–Crippen MR) is 90.9 cm³/mol. The molecule has 0 amide bonds. The molecule has 0 atom stereocenters. The number of aromatic nitrogens is 1. The van der Waals surface area contributed by atoms with Crippen LogP contribution in [0.1, 0.15) is 21.7 Å². The first-order valence-electron chi connectivity index (χ1n) is 7.37. The highest BCUT2D eigenvalue weighted by atomic mass is 35.5. The number of benzene rings is 2. The summed E-state index contributed by atoms with van der Waals surface area (Å²) in [5.74, 6) is -0.777. The van der Waals surface area contributed by atoms with E-state index in [1.165, 1.54) is 0 Å². The number of halogens is 1. The first kappa shape index (κ1) is 16.2. The van der Waals surface area contributed by atoms with Crippen LogP contribution in [0.5, 0.6) is 0 Å². The number of carboxylic acid groups (broad SMARTS) is 1. The average Bonchev–Trinajstić information content (AvgIpc) is 3.01. The first-order valence-corrected chi connectivity index (χ1v) is 7.75. The van der Waals surface area contributed by atoms with Crippen LogP contribution in [-0.2, 0) is 13.1 Å². The van der Waals surface area contributed by atoms with E-state index in [0.717, 1.165) is 5.56 Å². The number of nitrogens with zero attached hydrogens (tertiary/aromatic N) is 1. The maximum Gasteiger partial charge on any atom is 0.341 e. The van der Waals surface area contributed by atoms with Crippen LogP contribution in [-0.4, -0.2) is 16.2 Å². The van der Waals surface area contributed by atoms with Crippen molar-refractivity contribution in [3.8, 4) is 11.3 Å². The topological polar surface area (TPSA) is 75.4 Å². The number of aromatic carboxylic acids is 1. The van der Waals surface area contributed by atoms with Gasteiger partial charge in [-0.15, -0.1) is 0 Å². The zero-order valence-electron chi connectivity index (χ0n) is 12.7. The Kier molecular flexibility index (Phi) is 4.93. The second-order valence-electron chi connectivity index (χ2n) is 5.23. The van der Waals surface area contributed by atoms with Crippen LogP contribution in [0.4, 0.5) is 0 Å². The summed E-state index contributed by atoms with van der Waals surface area (Å²) in [7, 11) is 0. The van der Waals surface area contributed by atoms with E-state index in [1.54, 1.807) is 24.3 Å². The Labute approximate surface area is 143 Å². The van der Waals surface area contributed by atoms with Gasteiger partial charge in [-0.1, -0.05) is 59.2 Å². The van der Waals surface area contributed by atoms with Gasteiger partial charge in [0.05, 0.1) is 6.54 Å². The normalized spacial score (nSPS) is 10.7. The van der Waals surface area contributed by atoms with Crippen molar-refractivity contribution >= 4 is 17.6 Å². The lowest BCUT2D eigenvalue weighted by Crippen LogP contribution is -2.14. The summed E-state index contributed by atoms with van der Waals surface area (Å²) in [6, 6.07) is 16.6. The van der Waals surface area contributed by atoms with E-state index >= 15 is 0 Å². The molecule has 0 aliphatic rings. The van der Waals surface area contributed by atoms with Gasteiger partial charge < -0.3 is 14.9 Å². The first-order chi connectivity index (χ1) is 11.6. The number of hydrogen-bond donors (Lipinski definition) is 2. The van der Waals surface area contributed by atoms with Gasteiger partial charge in [0.1, 0.15) is 11.3 Å². The average molecular weight is 343 g/mol. The van der Waals surface area contributed by atoms with E-state index < -0.39 is 5.97 Å². The molecule has 24 heavy (non-hydrogen) atoms. The molecule has 0 fully saturated rings. The molecule has 3 aromatic rings. The monoisotopic (exact) mass is 342 g/mol. The third-order valence-corrected chi connectivity index (χ3v) is 3.80. The Morgan fingerprint density at radius 3 is 2.46 bits per heavy atom. The summed E-state index contributed by atoms with van der Waals surface area (Å²) < 4.78 is 5.25. The van der Waals surface area contributed by atoms with Crippen molar-refractivity contribution in [2.45, 2.75) is 13.1 Å². The predicted octanol–water partition coefficient (Wildman–Crippen LogP) is 3.98. The van der Waals surface area contributed by atoms with Crippen molar-refractivity contribution in [2.75, 3.05) is 0 Å². The number of carbonyl (C=O) groups is 1. The minimum Gasteiger partial charge on any atom is -0.477 e. The molecule has 2 N–H and O–H groups in total. The largest absolute Gasteiger partial charge is 0.477 e. The van der Waals surface area contributed by atoms with Crippen molar-refractivity contribution in [3.63, 3.8) is 0 Å². The molecule has 1 aromatic heterocycles. The maximum absolute atomic E-state index is 11.6. The number of nitrogens with one attached hydrogen (secondary N) is 1. The Hall–Kier alpha value is -2.63. The van der Waals surface area contributed by atoms with Crippen molar-refractivity contribution in [3.05, 3.63) is 76.5 Å². The molecule has 0 saturated carbocycles. The van der Waals surface area contributed by atoms with Crippen LogP contribution in [0.2, 0.25) is 5.02 Å². The number of carboxylic acids is 1. The van der Waals surface area contributed by atoms with Gasteiger partial charge in [-0.2, -0.15) is 0 Å². The molecule has 0 aliphatic heterocycles. The summed E-state index contributed by atoms with van der Waals surface area (Å²) >= 11 is 5.86. The molecule has 0 unspecified atom stereocenters. The molecule has 5 nitrogen and oxygen atoms in total. The number of rotatable bonds is 6. The van der Waals surface area contributed by atoms with Crippen molar-refractivity contribution in [2.24, 2.45) is 0 Å². The lowest BCUT2D eigenvalue weighted by molar-refractivity contribution is 0.0695. The fourth-order valence-corrected chi connectivity index (χ4v) is 2.51. The van der Waals surface area contributed by atoms with E-state index in [2.05, 4.69) is 10.5 Å². The van der Waals surface area contributed by atoms with E-state index in [1.807, 2.05) is 30.3 Å². The van der Waals surface area contributed by atoms with Gasteiger partial charge in [-0.25, -0.2) is 4.79 Å².